The van der Waals surface area contributed by atoms with Gasteiger partial charge in [0, 0.05) is 0 Å². The average Bonchev–Trinajstić information content (AvgIpc) is 2.27. The van der Waals surface area contributed by atoms with Gasteiger partial charge >= 0.3 is 5.97 Å². The second kappa shape index (κ2) is 7.22. The van der Waals surface area contributed by atoms with Crippen molar-refractivity contribution in [2.45, 2.75) is 31.7 Å². The van der Waals surface area contributed by atoms with Crippen LogP contribution in [0.5, 0.6) is 0 Å². The van der Waals surface area contributed by atoms with Crippen molar-refractivity contribution in [1.29, 1.82) is 0 Å². The first kappa shape index (κ1) is 17.6. The highest BCUT2D eigenvalue weighted by molar-refractivity contribution is 7.85. The smallest absolute Gasteiger partial charge is 0.320 e. The van der Waals surface area contributed by atoms with E-state index in [1.165, 1.54) is 12.1 Å². The Morgan fingerprint density at radius 1 is 1.21 bits per heavy atom. The third kappa shape index (κ3) is 6.90. The Hall–Kier alpha value is -1.44. The van der Waals surface area contributed by atoms with Crippen LogP contribution in [-0.4, -0.2) is 30.1 Å². The molecule has 0 aliphatic rings. The van der Waals surface area contributed by atoms with E-state index in [-0.39, 0.29) is 10.8 Å². The highest BCUT2D eigenvalue weighted by Crippen LogP contribution is 2.08. The summed E-state index contributed by atoms with van der Waals surface area (Å²) in [6, 6.07) is 5.27. The first-order valence-electron chi connectivity index (χ1n) is 5.58. The van der Waals surface area contributed by atoms with Gasteiger partial charge in [-0.25, -0.2) is 0 Å². The van der Waals surface area contributed by atoms with Crippen molar-refractivity contribution < 1.29 is 22.9 Å². The minimum Gasteiger partial charge on any atom is -0.480 e. The van der Waals surface area contributed by atoms with Crippen LogP contribution in [0.25, 0.3) is 0 Å². The first-order valence-corrected chi connectivity index (χ1v) is 7.02. The zero-order valence-electron chi connectivity index (χ0n) is 11.1. The Morgan fingerprint density at radius 2 is 1.63 bits per heavy atom. The van der Waals surface area contributed by atoms with Crippen LogP contribution >= 0.6 is 0 Å². The zero-order chi connectivity index (χ0) is 15.2. The molecule has 0 aliphatic carbocycles. The lowest BCUT2D eigenvalue weighted by Crippen LogP contribution is -2.34. The van der Waals surface area contributed by atoms with Crippen LogP contribution in [0.1, 0.15) is 19.4 Å². The van der Waals surface area contributed by atoms with Crippen LogP contribution in [0.4, 0.5) is 0 Å². The number of carboxylic acid groups (broad SMARTS) is 1. The molecule has 0 spiro atoms. The Balaban J connectivity index is 0.000000362. The molecule has 0 aromatic heterocycles. The van der Waals surface area contributed by atoms with E-state index in [0.29, 0.717) is 0 Å². The van der Waals surface area contributed by atoms with Crippen molar-refractivity contribution in [1.82, 2.24) is 0 Å². The number of carboxylic acids is 1. The van der Waals surface area contributed by atoms with Gasteiger partial charge in [-0.1, -0.05) is 31.5 Å². The topological polar surface area (TPSA) is 118 Å². The normalized spacial score (nSPS) is 12.5. The number of carbonyl (C=O) groups is 1. The molecule has 19 heavy (non-hydrogen) atoms. The zero-order valence-corrected chi connectivity index (χ0v) is 11.9. The van der Waals surface area contributed by atoms with Gasteiger partial charge in [0.2, 0.25) is 0 Å². The lowest BCUT2D eigenvalue weighted by atomic mass is 10.1. The van der Waals surface area contributed by atoms with E-state index >= 15 is 0 Å². The number of hydrogen-bond donors (Lipinski definition) is 3. The molecular formula is C12H19NO5S. The molecule has 6 nitrogen and oxygen atoms in total. The number of nitrogens with two attached hydrogens (primary N) is 1. The Labute approximate surface area is 113 Å². The van der Waals surface area contributed by atoms with Gasteiger partial charge in [0.25, 0.3) is 10.1 Å². The van der Waals surface area contributed by atoms with Crippen LogP contribution < -0.4 is 5.73 Å². The van der Waals surface area contributed by atoms with Crippen molar-refractivity contribution in [2.75, 3.05) is 0 Å². The van der Waals surface area contributed by atoms with Gasteiger partial charge < -0.3 is 10.8 Å². The maximum absolute atomic E-state index is 10.5. The molecule has 1 atom stereocenters. The van der Waals surface area contributed by atoms with E-state index in [9.17, 15) is 13.2 Å². The predicted molar refractivity (Wildman–Crippen MR) is 71.4 cm³/mol. The second-order valence-corrected chi connectivity index (χ2v) is 5.82. The number of benzene rings is 1. The number of aryl methyl sites for hydroxylation is 1. The third-order valence-corrected chi connectivity index (χ3v) is 3.19. The van der Waals surface area contributed by atoms with E-state index in [1.54, 1.807) is 26.0 Å². The molecule has 0 bridgehead atoms. The summed E-state index contributed by atoms with van der Waals surface area (Å²) in [4.78, 5) is 9.95. The summed E-state index contributed by atoms with van der Waals surface area (Å²) in [6.07, 6.45) is 0. The second-order valence-electron chi connectivity index (χ2n) is 4.40. The molecule has 1 rings (SSSR count). The van der Waals surface area contributed by atoms with E-state index in [4.69, 9.17) is 15.4 Å². The highest BCUT2D eigenvalue weighted by atomic mass is 32.2. The average molecular weight is 289 g/mol. The van der Waals surface area contributed by atoms with Gasteiger partial charge in [0.05, 0.1) is 4.90 Å². The fourth-order valence-electron chi connectivity index (χ4n) is 0.995. The molecular weight excluding hydrogens is 270 g/mol. The first-order chi connectivity index (χ1) is 8.55. The molecule has 1 aromatic rings. The summed E-state index contributed by atoms with van der Waals surface area (Å²) in [5.74, 6) is -0.910. The van der Waals surface area contributed by atoms with E-state index in [1.807, 2.05) is 6.92 Å². The van der Waals surface area contributed by atoms with Crippen molar-refractivity contribution in [3.8, 4) is 0 Å². The fraction of sp³-hybridized carbons (Fsp3) is 0.417. The molecule has 1 aromatic carbocycles. The quantitative estimate of drug-likeness (QED) is 0.722. The SMILES string of the molecule is CC(C)[C@H](N)C(=O)O.Cc1ccc(S(=O)(=O)O)cc1. The lowest BCUT2D eigenvalue weighted by Gasteiger charge is -2.07. The van der Waals surface area contributed by atoms with E-state index in [0.717, 1.165) is 5.56 Å². The molecule has 4 N–H and O–H groups in total. The minimum atomic E-state index is -4.02. The maximum Gasteiger partial charge on any atom is 0.320 e. The molecule has 7 heteroatoms. The number of hydrogen-bond acceptors (Lipinski definition) is 4. The molecule has 0 unspecified atom stereocenters. The van der Waals surface area contributed by atoms with Crippen molar-refractivity contribution >= 4 is 16.1 Å². The Kier molecular flexibility index (Phi) is 6.68. The van der Waals surface area contributed by atoms with Crippen molar-refractivity contribution in [3.05, 3.63) is 29.8 Å². The molecule has 0 amide bonds. The van der Waals surface area contributed by atoms with Crippen LogP contribution in [0.3, 0.4) is 0 Å². The maximum atomic E-state index is 10.5. The summed E-state index contributed by atoms with van der Waals surface area (Å²) < 4.78 is 29.6. The van der Waals surface area contributed by atoms with E-state index in [2.05, 4.69) is 0 Å². The lowest BCUT2D eigenvalue weighted by molar-refractivity contribution is -0.139. The number of aliphatic carboxylic acids is 1. The van der Waals surface area contributed by atoms with Gasteiger partial charge in [-0.05, 0) is 25.0 Å². The summed E-state index contributed by atoms with van der Waals surface area (Å²) in [5.41, 5.74) is 6.12. The van der Waals surface area contributed by atoms with Crippen molar-refractivity contribution in [2.24, 2.45) is 11.7 Å². The van der Waals surface area contributed by atoms with E-state index < -0.39 is 22.1 Å². The molecule has 0 saturated carbocycles. The Morgan fingerprint density at radius 3 is 1.84 bits per heavy atom. The largest absolute Gasteiger partial charge is 0.480 e. The van der Waals surface area contributed by atoms with Gasteiger partial charge in [0.1, 0.15) is 6.04 Å². The fourth-order valence-corrected chi connectivity index (χ4v) is 1.48. The van der Waals surface area contributed by atoms with Crippen LogP contribution in [0, 0.1) is 12.8 Å². The Bertz CT molecular complexity index is 507. The monoisotopic (exact) mass is 289 g/mol. The molecule has 108 valence electrons. The van der Waals surface area contributed by atoms with Gasteiger partial charge in [0.15, 0.2) is 0 Å². The van der Waals surface area contributed by atoms with Gasteiger partial charge in [-0.2, -0.15) is 8.42 Å². The molecule has 0 heterocycles. The molecule has 0 fully saturated rings. The summed E-state index contributed by atoms with van der Waals surface area (Å²) in [7, 11) is -4.02. The summed E-state index contributed by atoms with van der Waals surface area (Å²) in [6.45, 7) is 5.39. The van der Waals surface area contributed by atoms with Crippen molar-refractivity contribution in [3.63, 3.8) is 0 Å². The standard InChI is InChI=1S/C7H8O3S.C5H11NO2/c1-6-2-4-7(5-3-6)11(8,9)10;1-3(2)4(6)5(7)8/h2-5H,1H3,(H,8,9,10);3-4H,6H2,1-2H3,(H,7,8)/t;4-/m.0/s1. The third-order valence-electron chi connectivity index (χ3n) is 2.32. The summed E-state index contributed by atoms with van der Waals surface area (Å²) in [5, 5.41) is 8.23. The van der Waals surface area contributed by atoms with Crippen LogP contribution in [0.2, 0.25) is 0 Å². The minimum absolute atomic E-state index is 0.0208. The van der Waals surface area contributed by atoms with Crippen LogP contribution in [0.15, 0.2) is 29.2 Å². The molecule has 0 radical (unpaired) electrons. The van der Waals surface area contributed by atoms with Gasteiger partial charge in [-0.15, -0.1) is 0 Å². The number of rotatable bonds is 3. The predicted octanol–water partition coefficient (Wildman–Crippen LogP) is 1.30. The molecule has 0 aliphatic heterocycles. The summed E-state index contributed by atoms with van der Waals surface area (Å²) >= 11 is 0. The highest BCUT2D eigenvalue weighted by Gasteiger charge is 2.14. The van der Waals surface area contributed by atoms with Crippen LogP contribution in [-0.2, 0) is 14.9 Å². The van der Waals surface area contributed by atoms with Gasteiger partial charge in [-0.3, -0.25) is 9.35 Å². The molecule has 0 saturated heterocycles.